The van der Waals surface area contributed by atoms with Crippen molar-refractivity contribution in [2.45, 2.75) is 62.3 Å². The molecule has 4 aromatic rings. The first-order valence-electron chi connectivity index (χ1n) is 15.9. The van der Waals surface area contributed by atoms with Crippen LogP contribution >= 0.6 is 0 Å². The summed E-state index contributed by atoms with van der Waals surface area (Å²) in [5, 5.41) is 15.4. The first-order chi connectivity index (χ1) is 21.8. The summed E-state index contributed by atoms with van der Waals surface area (Å²) in [6.07, 6.45) is 3.25. The van der Waals surface area contributed by atoms with Gasteiger partial charge in [-0.1, -0.05) is 18.2 Å². The van der Waals surface area contributed by atoms with E-state index in [0.29, 0.717) is 48.2 Å². The molecule has 236 valence electrons. The number of piperazine rings is 1. The van der Waals surface area contributed by atoms with E-state index in [9.17, 15) is 13.9 Å². The highest BCUT2D eigenvalue weighted by Crippen LogP contribution is 2.43. The molecule has 4 saturated heterocycles. The molecule has 5 heterocycles. The maximum absolute atomic E-state index is 16.9. The molecule has 3 unspecified atom stereocenters. The van der Waals surface area contributed by atoms with Crippen LogP contribution in [0.2, 0.25) is 0 Å². The van der Waals surface area contributed by atoms with E-state index in [-0.39, 0.29) is 58.9 Å². The Kier molecular flexibility index (Phi) is 7.01. The molecule has 4 fully saturated rings. The second kappa shape index (κ2) is 11.0. The average molecular weight is 622 g/mol. The Morgan fingerprint density at radius 1 is 1.07 bits per heavy atom. The van der Waals surface area contributed by atoms with Gasteiger partial charge >= 0.3 is 6.01 Å². The summed E-state index contributed by atoms with van der Waals surface area (Å²) in [5.41, 5.74) is -0.217. The van der Waals surface area contributed by atoms with Crippen LogP contribution in [-0.2, 0) is 6.42 Å². The molecule has 45 heavy (non-hydrogen) atoms. The van der Waals surface area contributed by atoms with Crippen LogP contribution in [0.15, 0.2) is 36.4 Å². The number of alkyl halides is 2. The number of anilines is 1. The van der Waals surface area contributed by atoms with Gasteiger partial charge in [-0.3, -0.25) is 9.29 Å². The number of halogens is 4. The van der Waals surface area contributed by atoms with Gasteiger partial charge in [-0.25, -0.2) is 13.2 Å². The lowest BCUT2D eigenvalue weighted by Gasteiger charge is -2.34. The number of phenolic OH excluding ortho intramolecular Hbond substituents is 1. The maximum Gasteiger partial charge on any atom is 0.319 e. The Hall–Kier alpha value is -3.70. The minimum absolute atomic E-state index is 0.0396. The number of nitrogens with one attached hydrogen (secondary N) is 1. The topological polar surface area (TPSA) is 73.8 Å². The van der Waals surface area contributed by atoms with Crippen molar-refractivity contribution in [2.75, 3.05) is 44.4 Å². The quantitative estimate of drug-likeness (QED) is 0.251. The third-order valence-corrected chi connectivity index (χ3v) is 10.3. The molecule has 0 amide bonds. The van der Waals surface area contributed by atoms with Crippen LogP contribution in [0.5, 0.6) is 11.8 Å². The van der Waals surface area contributed by atoms with Gasteiger partial charge in [0.15, 0.2) is 5.82 Å². The molecule has 0 aliphatic carbocycles. The fourth-order valence-corrected chi connectivity index (χ4v) is 8.33. The fraction of sp³-hybridized carbons (Fsp3) is 0.471. The number of fused-ring (bicyclic) bond motifs is 5. The van der Waals surface area contributed by atoms with Crippen molar-refractivity contribution in [1.29, 1.82) is 0 Å². The number of benzene rings is 3. The van der Waals surface area contributed by atoms with Crippen LogP contribution in [0.25, 0.3) is 32.8 Å². The van der Waals surface area contributed by atoms with Gasteiger partial charge in [0.2, 0.25) is 0 Å². The molecule has 2 bridgehead atoms. The number of rotatable bonds is 7. The Bertz CT molecular complexity index is 1790. The van der Waals surface area contributed by atoms with Gasteiger partial charge in [-0.15, -0.1) is 0 Å². The predicted octanol–water partition coefficient (Wildman–Crippen LogP) is 5.84. The maximum atomic E-state index is 16.9. The number of phenols is 1. The molecule has 2 N–H and O–H groups in total. The summed E-state index contributed by atoms with van der Waals surface area (Å²) in [6, 6.07) is 9.68. The highest BCUT2D eigenvalue weighted by atomic mass is 19.1. The summed E-state index contributed by atoms with van der Waals surface area (Å²) in [4.78, 5) is 13.4. The normalized spacial score (nSPS) is 26.3. The molecule has 3 aromatic carbocycles. The molecule has 4 aliphatic rings. The molecular formula is C34H35F4N5O2. The van der Waals surface area contributed by atoms with Crippen molar-refractivity contribution in [3.63, 3.8) is 0 Å². The summed E-state index contributed by atoms with van der Waals surface area (Å²) >= 11 is 0. The van der Waals surface area contributed by atoms with Crippen LogP contribution in [-0.4, -0.2) is 83.2 Å². The first kappa shape index (κ1) is 28.8. The van der Waals surface area contributed by atoms with Crippen LogP contribution in [0, 0.1) is 11.6 Å². The van der Waals surface area contributed by atoms with E-state index in [0.717, 1.165) is 32.2 Å². The second-order valence-corrected chi connectivity index (χ2v) is 13.1. The van der Waals surface area contributed by atoms with E-state index in [4.69, 9.17) is 9.72 Å². The molecule has 4 atom stereocenters. The van der Waals surface area contributed by atoms with E-state index >= 15 is 8.78 Å². The molecule has 7 nitrogen and oxygen atoms in total. The SMILES string of the molecule is Oc1cc(-c2c(F)cc3c(N4CC5CCC(C4)N5)nc(OCC45CCCN4C[C@H](F)C5)nc3c2F)c2c(CCF)cccc2c1. The Morgan fingerprint density at radius 2 is 1.89 bits per heavy atom. The number of nitrogens with zero attached hydrogens (tertiary/aromatic N) is 4. The van der Waals surface area contributed by atoms with Crippen molar-refractivity contribution >= 4 is 27.5 Å². The Labute approximate surface area is 258 Å². The monoisotopic (exact) mass is 621 g/mol. The molecular weight excluding hydrogens is 586 g/mol. The fourth-order valence-electron chi connectivity index (χ4n) is 8.33. The predicted molar refractivity (Wildman–Crippen MR) is 164 cm³/mol. The molecule has 1 aromatic heterocycles. The number of hydrogen-bond acceptors (Lipinski definition) is 7. The van der Waals surface area contributed by atoms with Gasteiger partial charge in [-0.05, 0) is 72.3 Å². The van der Waals surface area contributed by atoms with E-state index in [1.54, 1.807) is 18.2 Å². The summed E-state index contributed by atoms with van der Waals surface area (Å²) in [7, 11) is 0. The van der Waals surface area contributed by atoms with Crippen molar-refractivity contribution in [3.05, 3.63) is 53.6 Å². The standard InChI is InChI=1S/C34H35F4N5O2/c35-9-7-19-3-1-4-20-11-24(44)12-25(28(19)20)29-27(37)13-26-31(30(29)38)40-33(41-32(26)42-16-22-5-6-23(17-42)39-22)45-18-34-8-2-10-43(34)15-21(36)14-34/h1,3-4,11-13,21-23,39,44H,2,5-10,14-18H2/t21-,22?,23?,34?/m1/s1. The zero-order chi connectivity index (χ0) is 30.9. The molecule has 4 aliphatic heterocycles. The third-order valence-electron chi connectivity index (χ3n) is 10.3. The van der Waals surface area contributed by atoms with E-state index in [1.807, 2.05) is 4.90 Å². The number of aromatic nitrogens is 2. The summed E-state index contributed by atoms with van der Waals surface area (Å²) in [5.74, 6) is -1.52. The van der Waals surface area contributed by atoms with E-state index < -0.39 is 30.0 Å². The second-order valence-electron chi connectivity index (χ2n) is 13.1. The smallest absolute Gasteiger partial charge is 0.319 e. The van der Waals surface area contributed by atoms with Gasteiger partial charge in [0, 0.05) is 49.9 Å². The van der Waals surface area contributed by atoms with Gasteiger partial charge in [-0.2, -0.15) is 9.97 Å². The molecule has 0 saturated carbocycles. The van der Waals surface area contributed by atoms with E-state index in [2.05, 4.69) is 15.2 Å². The number of aromatic hydroxyl groups is 1. The van der Waals surface area contributed by atoms with Crippen molar-refractivity contribution in [1.82, 2.24) is 20.2 Å². The van der Waals surface area contributed by atoms with Gasteiger partial charge in [0.25, 0.3) is 0 Å². The van der Waals surface area contributed by atoms with Gasteiger partial charge in [0.1, 0.15) is 35.7 Å². The van der Waals surface area contributed by atoms with Crippen LogP contribution in [0.4, 0.5) is 23.4 Å². The van der Waals surface area contributed by atoms with Crippen molar-refractivity contribution in [2.24, 2.45) is 0 Å². The van der Waals surface area contributed by atoms with E-state index in [1.165, 1.54) is 18.2 Å². The minimum Gasteiger partial charge on any atom is -0.508 e. The summed E-state index contributed by atoms with van der Waals surface area (Å²) in [6.45, 7) is 1.95. The lowest BCUT2D eigenvalue weighted by molar-refractivity contribution is 0.107. The number of ether oxygens (including phenoxy) is 1. The van der Waals surface area contributed by atoms with Crippen LogP contribution in [0.1, 0.15) is 37.7 Å². The highest BCUT2D eigenvalue weighted by molar-refractivity contribution is 6.03. The molecule has 0 radical (unpaired) electrons. The largest absolute Gasteiger partial charge is 0.508 e. The lowest BCUT2D eigenvalue weighted by Crippen LogP contribution is -2.51. The van der Waals surface area contributed by atoms with Gasteiger partial charge in [0.05, 0.1) is 17.8 Å². The summed E-state index contributed by atoms with van der Waals surface area (Å²) < 4.78 is 67.3. The van der Waals surface area contributed by atoms with Crippen molar-refractivity contribution < 1.29 is 27.4 Å². The zero-order valence-corrected chi connectivity index (χ0v) is 24.8. The number of aryl methyl sites for hydroxylation is 1. The van der Waals surface area contributed by atoms with Gasteiger partial charge < -0.3 is 20.1 Å². The highest BCUT2D eigenvalue weighted by Gasteiger charge is 2.49. The molecule has 0 spiro atoms. The zero-order valence-electron chi connectivity index (χ0n) is 24.8. The molecule has 8 rings (SSSR count). The Balaban J connectivity index is 1.29. The van der Waals surface area contributed by atoms with Crippen LogP contribution < -0.4 is 15.0 Å². The third kappa shape index (κ3) is 4.86. The van der Waals surface area contributed by atoms with Crippen molar-refractivity contribution in [3.8, 4) is 22.9 Å². The lowest BCUT2D eigenvalue weighted by atomic mass is 9.92. The average Bonchev–Trinajstić information content (AvgIpc) is 3.66. The molecule has 11 heteroatoms. The first-order valence-corrected chi connectivity index (χ1v) is 15.9. The number of hydrogen-bond donors (Lipinski definition) is 2. The Morgan fingerprint density at radius 3 is 2.69 bits per heavy atom. The van der Waals surface area contributed by atoms with Crippen LogP contribution in [0.3, 0.4) is 0 Å². The minimum atomic E-state index is -0.930.